The SMILES string of the molecule is COCC(=O)NC1CCCCC1.Cc1cnc(NC=O)cc1-c1cc(F)c2nn(C)c(C(C)C)c2c1.I.[HH].[HH]. The third kappa shape index (κ3) is 7.94. The summed E-state index contributed by atoms with van der Waals surface area (Å²) in [5, 5.41) is 10.6. The highest BCUT2D eigenvalue weighted by Crippen LogP contribution is 2.33. The lowest BCUT2D eigenvalue weighted by atomic mass is 9.95. The lowest BCUT2D eigenvalue weighted by Gasteiger charge is -2.22. The van der Waals surface area contributed by atoms with Crippen molar-refractivity contribution in [1.29, 1.82) is 0 Å². The second-order valence-corrected chi connectivity index (χ2v) is 9.50. The number of aryl methyl sites for hydroxylation is 2. The van der Waals surface area contributed by atoms with Crippen molar-refractivity contribution < 1.29 is 21.6 Å². The number of nitrogens with one attached hydrogen (secondary N) is 2. The number of pyridine rings is 1. The zero-order chi connectivity index (χ0) is 26.2. The molecule has 1 fully saturated rings. The Bertz CT molecular complexity index is 1220. The molecule has 0 aliphatic heterocycles. The molecule has 3 aromatic rings. The molecular formula is C27H41FIN5O3. The number of halogens is 2. The van der Waals surface area contributed by atoms with Crippen molar-refractivity contribution >= 4 is 53.0 Å². The Morgan fingerprint density at radius 3 is 2.59 bits per heavy atom. The van der Waals surface area contributed by atoms with Crippen LogP contribution in [0.15, 0.2) is 24.4 Å². The van der Waals surface area contributed by atoms with Crippen LogP contribution in [0, 0.1) is 12.7 Å². The summed E-state index contributed by atoms with van der Waals surface area (Å²) in [6.45, 7) is 6.22. The first kappa shape index (κ1) is 30.6. The summed E-state index contributed by atoms with van der Waals surface area (Å²) in [6.07, 6.45) is 8.32. The second-order valence-electron chi connectivity index (χ2n) is 9.50. The van der Waals surface area contributed by atoms with E-state index >= 15 is 0 Å². The van der Waals surface area contributed by atoms with Gasteiger partial charge in [0.1, 0.15) is 17.9 Å². The molecule has 0 atom stereocenters. The molecule has 2 amide bonds. The van der Waals surface area contributed by atoms with Crippen LogP contribution in [0.1, 0.15) is 66.0 Å². The Balaban J connectivity index is 0.000000828. The zero-order valence-electron chi connectivity index (χ0n) is 22.1. The van der Waals surface area contributed by atoms with Gasteiger partial charge >= 0.3 is 0 Å². The molecule has 0 saturated heterocycles. The van der Waals surface area contributed by atoms with Crippen LogP contribution in [0.2, 0.25) is 0 Å². The Hall–Kier alpha value is -2.60. The number of carbonyl (C=O) groups is 2. The second kappa shape index (κ2) is 14.4. The normalized spacial score (nSPS) is 13.5. The van der Waals surface area contributed by atoms with E-state index in [9.17, 15) is 14.0 Å². The average molecular weight is 630 g/mol. The van der Waals surface area contributed by atoms with Crippen LogP contribution in [0.25, 0.3) is 22.0 Å². The van der Waals surface area contributed by atoms with Gasteiger partial charge in [0, 0.05) is 40.3 Å². The smallest absolute Gasteiger partial charge is 0.246 e. The first-order valence-electron chi connectivity index (χ1n) is 12.4. The van der Waals surface area contributed by atoms with Crippen LogP contribution >= 0.6 is 24.0 Å². The predicted octanol–water partition coefficient (Wildman–Crippen LogP) is 5.97. The van der Waals surface area contributed by atoms with Crippen molar-refractivity contribution in [3.05, 3.63) is 41.5 Å². The van der Waals surface area contributed by atoms with E-state index < -0.39 is 0 Å². The fraction of sp³-hybridized carbons (Fsp3) is 0.481. The molecule has 0 radical (unpaired) electrons. The van der Waals surface area contributed by atoms with E-state index in [2.05, 4.69) is 34.6 Å². The minimum Gasteiger partial charge on any atom is -0.375 e. The van der Waals surface area contributed by atoms with E-state index in [-0.39, 0.29) is 51.1 Å². The highest BCUT2D eigenvalue weighted by molar-refractivity contribution is 14.0. The maximum Gasteiger partial charge on any atom is 0.246 e. The van der Waals surface area contributed by atoms with Crippen LogP contribution in [0.3, 0.4) is 0 Å². The van der Waals surface area contributed by atoms with Gasteiger partial charge in [0.2, 0.25) is 12.3 Å². The van der Waals surface area contributed by atoms with Gasteiger partial charge in [0.05, 0.1) is 0 Å². The number of hydrogen-bond donors (Lipinski definition) is 2. The summed E-state index contributed by atoms with van der Waals surface area (Å²) >= 11 is 0. The molecule has 2 N–H and O–H groups in total. The summed E-state index contributed by atoms with van der Waals surface area (Å²) in [6, 6.07) is 5.58. The first-order valence-corrected chi connectivity index (χ1v) is 12.4. The number of fused-ring (bicyclic) bond motifs is 1. The molecule has 37 heavy (non-hydrogen) atoms. The molecule has 8 nitrogen and oxygen atoms in total. The van der Waals surface area contributed by atoms with Crippen molar-refractivity contribution in [3.8, 4) is 11.1 Å². The number of carbonyl (C=O) groups excluding carboxylic acids is 2. The van der Waals surface area contributed by atoms with Crippen molar-refractivity contribution in [2.24, 2.45) is 7.05 Å². The fourth-order valence-electron chi connectivity index (χ4n) is 4.74. The van der Waals surface area contributed by atoms with E-state index in [1.165, 1.54) is 25.3 Å². The Morgan fingerprint density at radius 2 is 1.97 bits per heavy atom. The topological polar surface area (TPSA) is 98.1 Å². The molecule has 4 rings (SSSR count). The lowest BCUT2D eigenvalue weighted by molar-refractivity contribution is -0.125. The molecule has 0 unspecified atom stereocenters. The fourth-order valence-corrected chi connectivity index (χ4v) is 4.74. The molecular weight excluding hydrogens is 588 g/mol. The van der Waals surface area contributed by atoms with Crippen LogP contribution in [-0.2, 0) is 21.4 Å². The molecule has 1 aliphatic carbocycles. The Morgan fingerprint density at radius 1 is 1.27 bits per heavy atom. The van der Waals surface area contributed by atoms with Gasteiger partial charge in [-0.3, -0.25) is 14.3 Å². The van der Waals surface area contributed by atoms with Crippen LogP contribution in [-0.4, -0.2) is 46.8 Å². The Kier molecular flexibility index (Phi) is 11.9. The first-order chi connectivity index (χ1) is 17.2. The quantitative estimate of drug-likeness (QED) is 0.248. The number of ether oxygens (including phenoxy) is 1. The van der Waals surface area contributed by atoms with E-state index in [1.807, 2.05) is 20.0 Å². The maximum absolute atomic E-state index is 14.6. The van der Waals surface area contributed by atoms with Crippen molar-refractivity contribution in [1.82, 2.24) is 20.1 Å². The van der Waals surface area contributed by atoms with Gasteiger partial charge < -0.3 is 15.4 Å². The van der Waals surface area contributed by atoms with Crippen LogP contribution in [0.4, 0.5) is 10.2 Å². The van der Waals surface area contributed by atoms with Gasteiger partial charge in [-0.05, 0) is 60.6 Å². The lowest BCUT2D eigenvalue weighted by Crippen LogP contribution is -2.38. The number of nitrogens with zero attached hydrogens (tertiary/aromatic N) is 3. The molecule has 2 aromatic heterocycles. The molecule has 1 aliphatic rings. The summed E-state index contributed by atoms with van der Waals surface area (Å²) in [4.78, 5) is 25.8. The van der Waals surface area contributed by atoms with E-state index in [1.54, 1.807) is 24.1 Å². The summed E-state index contributed by atoms with van der Waals surface area (Å²) < 4.78 is 21.1. The molecule has 206 valence electrons. The van der Waals surface area contributed by atoms with Crippen LogP contribution in [0.5, 0.6) is 0 Å². The number of rotatable bonds is 7. The van der Waals surface area contributed by atoms with Gasteiger partial charge in [-0.25, -0.2) is 9.37 Å². The van der Waals surface area contributed by atoms with Crippen molar-refractivity contribution in [3.63, 3.8) is 0 Å². The predicted molar refractivity (Wildman–Crippen MR) is 159 cm³/mol. The third-order valence-electron chi connectivity index (χ3n) is 6.35. The monoisotopic (exact) mass is 629 g/mol. The summed E-state index contributed by atoms with van der Waals surface area (Å²) in [5.74, 6) is 0.317. The number of methoxy groups -OCH3 is 1. The molecule has 10 heteroatoms. The van der Waals surface area contributed by atoms with E-state index in [0.717, 1.165) is 40.6 Å². The zero-order valence-corrected chi connectivity index (χ0v) is 24.5. The van der Waals surface area contributed by atoms with Crippen LogP contribution < -0.4 is 10.6 Å². The minimum absolute atomic E-state index is 0. The van der Waals surface area contributed by atoms with E-state index in [0.29, 0.717) is 23.8 Å². The van der Waals surface area contributed by atoms with Gasteiger partial charge in [-0.2, -0.15) is 5.10 Å². The summed E-state index contributed by atoms with van der Waals surface area (Å²) in [7, 11) is 3.37. The largest absolute Gasteiger partial charge is 0.375 e. The standard InChI is InChI=1S/C18H19FN4O.C9H17NO2.HI.2H2/c1-10(2)18-14-5-12(6-15(19)17(14)22-23(18)4)13-7-16(21-9-24)20-8-11(13)3;1-12-7-9(11)10-8-5-3-2-4-6-8;;;/h5-10H,1-4H3,(H,20,21,24);8H,2-7H2,1H3,(H,10,11);3*1H. The van der Waals surface area contributed by atoms with Gasteiger partial charge in [0.25, 0.3) is 0 Å². The van der Waals surface area contributed by atoms with Crippen molar-refractivity contribution in [2.45, 2.75) is 64.8 Å². The van der Waals surface area contributed by atoms with Gasteiger partial charge in [0.15, 0.2) is 5.82 Å². The van der Waals surface area contributed by atoms with E-state index in [4.69, 9.17) is 4.74 Å². The highest BCUT2D eigenvalue weighted by atomic mass is 127. The number of hydrogen-bond acceptors (Lipinski definition) is 5. The Labute approximate surface area is 237 Å². The molecule has 0 bridgehead atoms. The molecule has 2 heterocycles. The number of benzene rings is 1. The maximum atomic E-state index is 14.6. The third-order valence-corrected chi connectivity index (χ3v) is 6.35. The van der Waals surface area contributed by atoms with Gasteiger partial charge in [-0.1, -0.05) is 33.1 Å². The molecule has 1 aromatic carbocycles. The highest BCUT2D eigenvalue weighted by Gasteiger charge is 2.18. The number of amides is 2. The van der Waals surface area contributed by atoms with Gasteiger partial charge in [-0.15, -0.1) is 24.0 Å². The number of aromatic nitrogens is 3. The average Bonchev–Trinajstić information content (AvgIpc) is 3.18. The summed E-state index contributed by atoms with van der Waals surface area (Å²) in [5.41, 5.74) is 3.84. The minimum atomic E-state index is -0.355. The van der Waals surface area contributed by atoms with Crippen molar-refractivity contribution in [2.75, 3.05) is 19.0 Å². The number of anilines is 1. The molecule has 1 saturated carbocycles. The molecule has 0 spiro atoms.